The first-order valence-corrected chi connectivity index (χ1v) is 4.08. The second kappa shape index (κ2) is 2.59. The van der Waals surface area contributed by atoms with Crippen LogP contribution >= 0.6 is 0 Å². The van der Waals surface area contributed by atoms with E-state index >= 15 is 0 Å². The van der Waals surface area contributed by atoms with E-state index in [-0.39, 0.29) is 12.2 Å². The molecule has 3 N–H and O–H groups in total. The summed E-state index contributed by atoms with van der Waals surface area (Å²) in [7, 11) is 1.96. The number of nitrogens with one attached hydrogen (secondary N) is 1. The van der Waals surface area contributed by atoms with Crippen LogP contribution in [0, 0.1) is 5.92 Å². The molecule has 4 atom stereocenters. The van der Waals surface area contributed by atoms with Crippen molar-refractivity contribution in [3.63, 3.8) is 0 Å². The molecule has 0 aromatic heterocycles. The minimum Gasteiger partial charge on any atom is -0.365 e. The van der Waals surface area contributed by atoms with Crippen molar-refractivity contribution in [3.8, 4) is 0 Å². The fourth-order valence-corrected chi connectivity index (χ4v) is 2.05. The first-order chi connectivity index (χ1) is 5.36. The van der Waals surface area contributed by atoms with Gasteiger partial charge in [0.15, 0.2) is 0 Å². The third kappa shape index (κ3) is 0.922. The van der Waals surface area contributed by atoms with E-state index in [4.69, 9.17) is 10.5 Å². The van der Waals surface area contributed by atoms with Crippen LogP contribution in [0.2, 0.25) is 0 Å². The lowest BCUT2D eigenvalue weighted by Crippen LogP contribution is -2.43. The van der Waals surface area contributed by atoms with Crippen LogP contribution in [0.25, 0.3) is 0 Å². The van der Waals surface area contributed by atoms with E-state index in [1.807, 2.05) is 7.05 Å². The maximum Gasteiger partial charge on any atom is 0.0922 e. The fraction of sp³-hybridized carbons (Fsp3) is 0.750. The number of hydrogen-bond donors (Lipinski definition) is 2. The fourth-order valence-electron chi connectivity index (χ4n) is 2.05. The number of nitrogens with two attached hydrogens (primary N) is 1. The van der Waals surface area contributed by atoms with Crippen molar-refractivity contribution in [3.05, 3.63) is 12.2 Å². The lowest BCUT2D eigenvalue weighted by atomic mass is 9.89. The summed E-state index contributed by atoms with van der Waals surface area (Å²) in [6.07, 6.45) is 4.77. The van der Waals surface area contributed by atoms with Crippen molar-refractivity contribution >= 4 is 0 Å². The van der Waals surface area contributed by atoms with Crippen molar-refractivity contribution in [2.75, 3.05) is 13.6 Å². The number of hydrogen-bond acceptors (Lipinski definition) is 3. The standard InChI is InChI=1S/C8H14N2O/c1-10-8-5(4-9)6-2-3-7(8)11-6/h2-3,5-8,10H,4,9H2,1H3. The smallest absolute Gasteiger partial charge is 0.0922 e. The lowest BCUT2D eigenvalue weighted by molar-refractivity contribution is 0.106. The van der Waals surface area contributed by atoms with Crippen molar-refractivity contribution < 1.29 is 4.74 Å². The Morgan fingerprint density at radius 3 is 2.73 bits per heavy atom. The maximum atomic E-state index is 5.63. The minimum absolute atomic E-state index is 0.263. The van der Waals surface area contributed by atoms with Crippen LogP contribution < -0.4 is 11.1 Å². The van der Waals surface area contributed by atoms with Gasteiger partial charge in [0, 0.05) is 12.0 Å². The summed E-state index contributed by atoms with van der Waals surface area (Å²) >= 11 is 0. The molecule has 0 radical (unpaired) electrons. The molecule has 0 saturated carbocycles. The molecule has 2 bridgehead atoms. The quantitative estimate of drug-likeness (QED) is 0.526. The van der Waals surface area contributed by atoms with Crippen LogP contribution in [-0.4, -0.2) is 31.8 Å². The SMILES string of the molecule is CNC1C2C=CC(O2)C1CN. The molecule has 2 rings (SSSR count). The Balaban J connectivity index is 2.15. The van der Waals surface area contributed by atoms with E-state index in [0.29, 0.717) is 18.5 Å². The molecule has 0 aliphatic carbocycles. The van der Waals surface area contributed by atoms with Crippen molar-refractivity contribution in [1.82, 2.24) is 5.32 Å². The van der Waals surface area contributed by atoms with Crippen LogP contribution in [0.5, 0.6) is 0 Å². The van der Waals surface area contributed by atoms with E-state index < -0.39 is 0 Å². The van der Waals surface area contributed by atoms with Crippen LogP contribution in [-0.2, 0) is 4.74 Å². The second-order valence-electron chi connectivity index (χ2n) is 3.16. The van der Waals surface area contributed by atoms with E-state index in [1.165, 1.54) is 0 Å². The highest BCUT2D eigenvalue weighted by Crippen LogP contribution is 2.32. The summed E-state index contributed by atoms with van der Waals surface area (Å²) in [5, 5.41) is 3.24. The molecule has 2 aliphatic rings. The topological polar surface area (TPSA) is 47.3 Å². The van der Waals surface area contributed by atoms with Gasteiger partial charge in [0.2, 0.25) is 0 Å². The predicted molar refractivity (Wildman–Crippen MR) is 43.2 cm³/mol. The molecule has 2 aliphatic heterocycles. The summed E-state index contributed by atoms with van der Waals surface area (Å²) in [6.45, 7) is 0.705. The van der Waals surface area contributed by atoms with E-state index in [1.54, 1.807) is 0 Å². The van der Waals surface area contributed by atoms with Crippen molar-refractivity contribution in [2.45, 2.75) is 18.2 Å². The molecule has 0 amide bonds. The second-order valence-corrected chi connectivity index (χ2v) is 3.16. The summed E-state index contributed by atoms with van der Waals surface area (Å²) in [6, 6.07) is 0.426. The molecule has 62 valence electrons. The first-order valence-electron chi connectivity index (χ1n) is 4.08. The molecule has 0 aromatic rings. The van der Waals surface area contributed by atoms with Gasteiger partial charge >= 0.3 is 0 Å². The van der Waals surface area contributed by atoms with Gasteiger partial charge in [0.25, 0.3) is 0 Å². The number of rotatable bonds is 2. The average molecular weight is 154 g/mol. The van der Waals surface area contributed by atoms with Gasteiger partial charge in [-0.15, -0.1) is 0 Å². The Labute approximate surface area is 66.6 Å². The Morgan fingerprint density at radius 2 is 2.18 bits per heavy atom. The molecule has 1 saturated heterocycles. The minimum atomic E-state index is 0.263. The van der Waals surface area contributed by atoms with E-state index in [9.17, 15) is 0 Å². The highest BCUT2D eigenvalue weighted by atomic mass is 16.5. The molecule has 4 unspecified atom stereocenters. The Bertz CT molecular complexity index is 163. The lowest BCUT2D eigenvalue weighted by Gasteiger charge is -2.22. The van der Waals surface area contributed by atoms with Crippen molar-refractivity contribution in [2.24, 2.45) is 11.7 Å². The summed E-state index contributed by atoms with van der Waals surface area (Å²) in [5.41, 5.74) is 5.63. The Morgan fingerprint density at radius 1 is 1.45 bits per heavy atom. The highest BCUT2D eigenvalue weighted by molar-refractivity contribution is 5.17. The molecular formula is C8H14N2O. The van der Waals surface area contributed by atoms with E-state index in [0.717, 1.165) is 0 Å². The molecule has 3 nitrogen and oxygen atoms in total. The zero-order chi connectivity index (χ0) is 7.84. The maximum absolute atomic E-state index is 5.63. The zero-order valence-corrected chi connectivity index (χ0v) is 6.66. The van der Waals surface area contributed by atoms with Crippen LogP contribution in [0.15, 0.2) is 12.2 Å². The molecule has 0 spiro atoms. The number of ether oxygens (including phenoxy) is 1. The molecule has 11 heavy (non-hydrogen) atoms. The summed E-state index contributed by atoms with van der Waals surface area (Å²) in [5.74, 6) is 0.468. The molecular weight excluding hydrogens is 140 g/mol. The van der Waals surface area contributed by atoms with Gasteiger partial charge in [-0.2, -0.15) is 0 Å². The molecule has 2 heterocycles. The van der Waals surface area contributed by atoms with Gasteiger partial charge in [-0.3, -0.25) is 0 Å². The monoisotopic (exact) mass is 154 g/mol. The van der Waals surface area contributed by atoms with Crippen LogP contribution in [0.3, 0.4) is 0 Å². The third-order valence-electron chi connectivity index (χ3n) is 2.65. The van der Waals surface area contributed by atoms with Gasteiger partial charge in [-0.05, 0) is 13.6 Å². The average Bonchev–Trinajstić information content (AvgIpc) is 2.60. The Hall–Kier alpha value is -0.380. The largest absolute Gasteiger partial charge is 0.365 e. The number of likely N-dealkylation sites (N-methyl/N-ethyl adjacent to an activating group) is 1. The van der Waals surface area contributed by atoms with Gasteiger partial charge in [0.05, 0.1) is 12.2 Å². The van der Waals surface area contributed by atoms with Gasteiger partial charge in [0.1, 0.15) is 0 Å². The summed E-state index contributed by atoms with van der Waals surface area (Å²) in [4.78, 5) is 0. The van der Waals surface area contributed by atoms with Gasteiger partial charge in [-0.1, -0.05) is 12.2 Å². The van der Waals surface area contributed by atoms with Crippen LogP contribution in [0.4, 0.5) is 0 Å². The van der Waals surface area contributed by atoms with Gasteiger partial charge < -0.3 is 15.8 Å². The first kappa shape index (κ1) is 7.28. The molecule has 0 aromatic carbocycles. The number of fused-ring (bicyclic) bond motifs is 2. The third-order valence-corrected chi connectivity index (χ3v) is 2.65. The molecule has 1 fully saturated rings. The Kier molecular flexibility index (Phi) is 1.71. The highest BCUT2D eigenvalue weighted by Gasteiger charge is 2.43. The molecule has 3 heteroatoms. The van der Waals surface area contributed by atoms with Gasteiger partial charge in [-0.25, -0.2) is 0 Å². The predicted octanol–water partition coefficient (Wildman–Crippen LogP) is -0.513. The van der Waals surface area contributed by atoms with Crippen molar-refractivity contribution in [1.29, 1.82) is 0 Å². The summed E-state index contributed by atoms with van der Waals surface area (Å²) < 4.78 is 5.63. The zero-order valence-electron chi connectivity index (χ0n) is 6.66. The van der Waals surface area contributed by atoms with Crippen LogP contribution in [0.1, 0.15) is 0 Å². The van der Waals surface area contributed by atoms with E-state index in [2.05, 4.69) is 17.5 Å². The normalized spacial score (nSPS) is 47.1.